The highest BCUT2D eigenvalue weighted by molar-refractivity contribution is 5.98. The number of hydrogen-bond acceptors (Lipinski definition) is 4. The lowest BCUT2D eigenvalue weighted by atomic mass is 9.92. The number of benzene rings is 1. The summed E-state index contributed by atoms with van der Waals surface area (Å²) in [4.78, 5) is 14.1. The first-order valence-electron chi connectivity index (χ1n) is 7.01. The Morgan fingerprint density at radius 1 is 1.35 bits per heavy atom. The fourth-order valence-electron chi connectivity index (χ4n) is 3.36. The zero-order valence-electron chi connectivity index (χ0n) is 11.4. The van der Waals surface area contributed by atoms with E-state index in [4.69, 9.17) is 4.42 Å². The first kappa shape index (κ1) is 11.6. The van der Waals surface area contributed by atoms with Gasteiger partial charge in [-0.15, -0.1) is 0 Å². The maximum absolute atomic E-state index is 11.8. The van der Waals surface area contributed by atoms with E-state index in [0.717, 1.165) is 42.6 Å². The maximum atomic E-state index is 11.8. The van der Waals surface area contributed by atoms with Crippen molar-refractivity contribution < 1.29 is 4.42 Å². The Bertz CT molecular complexity index is 789. The van der Waals surface area contributed by atoms with Crippen molar-refractivity contribution in [3.8, 4) is 0 Å². The Morgan fingerprint density at radius 2 is 2.25 bits per heavy atom. The van der Waals surface area contributed by atoms with Crippen LogP contribution in [0.3, 0.4) is 0 Å². The minimum Gasteiger partial charge on any atom is -0.422 e. The number of nitrogens with one attached hydrogen (secondary N) is 1. The highest BCUT2D eigenvalue weighted by Gasteiger charge is 2.25. The molecule has 4 heteroatoms. The van der Waals surface area contributed by atoms with Gasteiger partial charge in [0.05, 0.1) is 11.4 Å². The SMILES string of the molecule is CNc1cc(=O)oc2c3c4c(cc12)C=CCN4CCC3. The van der Waals surface area contributed by atoms with Crippen LogP contribution in [0, 0.1) is 0 Å². The Hall–Kier alpha value is -2.23. The summed E-state index contributed by atoms with van der Waals surface area (Å²) in [7, 11) is 1.83. The van der Waals surface area contributed by atoms with Crippen molar-refractivity contribution in [3.63, 3.8) is 0 Å². The average molecular weight is 268 g/mol. The van der Waals surface area contributed by atoms with Gasteiger partial charge in [0.2, 0.25) is 0 Å². The molecule has 0 spiro atoms. The number of fused-ring (bicyclic) bond motifs is 2. The van der Waals surface area contributed by atoms with Gasteiger partial charge < -0.3 is 14.6 Å². The lowest BCUT2D eigenvalue weighted by molar-refractivity contribution is 0.554. The van der Waals surface area contributed by atoms with Crippen LogP contribution in [0.1, 0.15) is 17.5 Å². The number of nitrogens with zero attached hydrogens (tertiary/aromatic N) is 1. The van der Waals surface area contributed by atoms with Crippen LogP contribution in [0.5, 0.6) is 0 Å². The van der Waals surface area contributed by atoms with Crippen molar-refractivity contribution in [1.29, 1.82) is 0 Å². The standard InChI is InChI=1S/C16H16N2O2/c1-17-13-9-14(19)20-16-11-5-3-7-18-6-2-4-10(15(11)18)8-12(13)16/h2,4,8-9,17H,3,5-7H2,1H3. The molecular formula is C16H16N2O2. The normalized spacial score (nSPS) is 16.4. The van der Waals surface area contributed by atoms with Gasteiger partial charge in [0.1, 0.15) is 5.58 Å². The van der Waals surface area contributed by atoms with E-state index in [2.05, 4.69) is 28.4 Å². The van der Waals surface area contributed by atoms with Crippen molar-refractivity contribution in [2.24, 2.45) is 0 Å². The predicted octanol–water partition coefficient (Wildman–Crippen LogP) is 2.61. The van der Waals surface area contributed by atoms with Gasteiger partial charge in [0.25, 0.3) is 0 Å². The Morgan fingerprint density at radius 3 is 3.10 bits per heavy atom. The Balaban J connectivity index is 2.16. The largest absolute Gasteiger partial charge is 0.422 e. The number of rotatable bonds is 1. The molecule has 0 atom stereocenters. The summed E-state index contributed by atoms with van der Waals surface area (Å²) >= 11 is 0. The molecule has 0 fully saturated rings. The molecule has 20 heavy (non-hydrogen) atoms. The first-order valence-corrected chi connectivity index (χ1v) is 7.01. The van der Waals surface area contributed by atoms with Crippen molar-refractivity contribution in [3.05, 3.63) is 39.8 Å². The van der Waals surface area contributed by atoms with Crippen molar-refractivity contribution in [2.75, 3.05) is 30.4 Å². The summed E-state index contributed by atoms with van der Waals surface area (Å²) in [5, 5.41) is 4.10. The lowest BCUT2D eigenvalue weighted by Crippen LogP contribution is -2.32. The summed E-state index contributed by atoms with van der Waals surface area (Å²) < 4.78 is 5.53. The third-order valence-corrected chi connectivity index (χ3v) is 4.20. The number of anilines is 2. The molecule has 2 aromatic rings. The Kier molecular flexibility index (Phi) is 2.39. The molecule has 0 saturated heterocycles. The van der Waals surface area contributed by atoms with Gasteiger partial charge >= 0.3 is 5.63 Å². The topological polar surface area (TPSA) is 45.5 Å². The molecule has 0 amide bonds. The predicted molar refractivity (Wildman–Crippen MR) is 81.6 cm³/mol. The third-order valence-electron chi connectivity index (χ3n) is 4.20. The van der Waals surface area contributed by atoms with Crippen molar-refractivity contribution in [1.82, 2.24) is 0 Å². The van der Waals surface area contributed by atoms with Crippen LogP contribution in [0.2, 0.25) is 0 Å². The second-order valence-electron chi connectivity index (χ2n) is 5.35. The molecule has 2 aliphatic rings. The lowest BCUT2D eigenvalue weighted by Gasteiger charge is -2.34. The molecular weight excluding hydrogens is 252 g/mol. The molecule has 0 radical (unpaired) electrons. The van der Waals surface area contributed by atoms with E-state index in [1.54, 1.807) is 0 Å². The van der Waals surface area contributed by atoms with Crippen LogP contribution < -0.4 is 15.8 Å². The number of aryl methyl sites for hydroxylation is 1. The summed E-state index contributed by atoms with van der Waals surface area (Å²) in [6, 6.07) is 3.64. The minimum atomic E-state index is -0.290. The van der Waals surface area contributed by atoms with E-state index in [1.165, 1.54) is 22.9 Å². The maximum Gasteiger partial charge on any atom is 0.338 e. The fourth-order valence-corrected chi connectivity index (χ4v) is 3.36. The van der Waals surface area contributed by atoms with Gasteiger partial charge in [-0.3, -0.25) is 0 Å². The highest BCUT2D eigenvalue weighted by atomic mass is 16.4. The van der Waals surface area contributed by atoms with Gasteiger partial charge in [-0.25, -0.2) is 4.79 Å². The molecule has 0 bridgehead atoms. The molecule has 1 aromatic carbocycles. The van der Waals surface area contributed by atoms with E-state index in [0.29, 0.717) is 0 Å². The van der Waals surface area contributed by atoms with E-state index in [1.807, 2.05) is 7.05 Å². The number of hydrogen-bond donors (Lipinski definition) is 1. The molecule has 0 saturated carbocycles. The summed E-state index contributed by atoms with van der Waals surface area (Å²) in [5.74, 6) is 0. The van der Waals surface area contributed by atoms with E-state index >= 15 is 0 Å². The molecule has 2 aliphatic heterocycles. The first-order chi connectivity index (χ1) is 9.78. The van der Waals surface area contributed by atoms with Gasteiger partial charge in [-0.1, -0.05) is 12.2 Å². The van der Waals surface area contributed by atoms with Crippen LogP contribution in [0.25, 0.3) is 17.0 Å². The van der Waals surface area contributed by atoms with Gasteiger partial charge in [0, 0.05) is 37.2 Å². The monoisotopic (exact) mass is 268 g/mol. The smallest absolute Gasteiger partial charge is 0.338 e. The van der Waals surface area contributed by atoms with Crippen LogP contribution in [0.4, 0.5) is 11.4 Å². The van der Waals surface area contributed by atoms with E-state index < -0.39 is 0 Å². The van der Waals surface area contributed by atoms with E-state index in [9.17, 15) is 4.79 Å². The highest BCUT2D eigenvalue weighted by Crippen LogP contribution is 2.40. The van der Waals surface area contributed by atoms with Gasteiger partial charge in [0.15, 0.2) is 0 Å². The second-order valence-corrected chi connectivity index (χ2v) is 5.35. The van der Waals surface area contributed by atoms with Crippen LogP contribution in [-0.2, 0) is 6.42 Å². The molecule has 4 nitrogen and oxygen atoms in total. The summed E-state index contributed by atoms with van der Waals surface area (Å²) in [6.07, 6.45) is 6.44. The average Bonchev–Trinajstić information content (AvgIpc) is 2.48. The van der Waals surface area contributed by atoms with Crippen LogP contribution >= 0.6 is 0 Å². The molecule has 4 rings (SSSR count). The zero-order chi connectivity index (χ0) is 13.7. The van der Waals surface area contributed by atoms with Gasteiger partial charge in [-0.05, 0) is 24.5 Å². The van der Waals surface area contributed by atoms with Crippen LogP contribution in [0.15, 0.2) is 27.4 Å². The van der Waals surface area contributed by atoms with Crippen LogP contribution in [-0.4, -0.2) is 20.1 Å². The summed E-state index contributed by atoms with van der Waals surface area (Å²) in [6.45, 7) is 2.02. The Labute approximate surface area is 116 Å². The summed E-state index contributed by atoms with van der Waals surface area (Å²) in [5.41, 5.74) is 4.96. The molecule has 0 unspecified atom stereocenters. The quantitative estimate of drug-likeness (QED) is 0.808. The third kappa shape index (κ3) is 1.51. The zero-order valence-corrected chi connectivity index (χ0v) is 11.4. The second kappa shape index (κ2) is 4.13. The van der Waals surface area contributed by atoms with Gasteiger partial charge in [-0.2, -0.15) is 0 Å². The molecule has 3 heterocycles. The molecule has 1 aromatic heterocycles. The molecule has 1 N–H and O–H groups in total. The van der Waals surface area contributed by atoms with Crippen molar-refractivity contribution >= 4 is 28.4 Å². The molecule has 0 aliphatic carbocycles. The van der Waals surface area contributed by atoms with Crippen molar-refractivity contribution in [2.45, 2.75) is 12.8 Å². The fraction of sp³-hybridized carbons (Fsp3) is 0.312. The molecule has 102 valence electrons. The van der Waals surface area contributed by atoms with E-state index in [-0.39, 0.29) is 5.63 Å². The minimum absolute atomic E-state index is 0.290.